The lowest BCUT2D eigenvalue weighted by molar-refractivity contribution is 0.293. The fourth-order valence-corrected chi connectivity index (χ4v) is 2.20. The van der Waals surface area contributed by atoms with Gasteiger partial charge in [-0.3, -0.25) is 5.41 Å². The van der Waals surface area contributed by atoms with E-state index in [1.54, 1.807) is 6.20 Å². The average Bonchev–Trinajstić information content (AvgIpc) is 2.36. The van der Waals surface area contributed by atoms with Crippen LogP contribution in [0.3, 0.4) is 0 Å². The quantitative estimate of drug-likeness (QED) is 0.672. The number of amidine groups is 1. The number of nitrogens with two attached hydrogens (primary N) is 1. The van der Waals surface area contributed by atoms with Gasteiger partial charge in [-0.2, -0.15) is 0 Å². The van der Waals surface area contributed by atoms with Crippen LogP contribution in [0.15, 0.2) is 41.0 Å². The van der Waals surface area contributed by atoms with Crippen LogP contribution >= 0.6 is 15.9 Å². The number of hydrogen-bond acceptors (Lipinski definition) is 3. The number of aromatic nitrogens is 1. The summed E-state index contributed by atoms with van der Waals surface area (Å²) in [4.78, 5) is 4.14. The predicted molar refractivity (Wildman–Crippen MR) is 78.5 cm³/mol. The second-order valence-electron chi connectivity index (χ2n) is 4.14. The third kappa shape index (κ3) is 3.32. The Kier molecular flexibility index (Phi) is 4.16. The summed E-state index contributed by atoms with van der Waals surface area (Å²) < 4.78 is 6.67. The molecule has 1 heterocycles. The van der Waals surface area contributed by atoms with Gasteiger partial charge in [0.1, 0.15) is 12.4 Å². The van der Waals surface area contributed by atoms with Gasteiger partial charge in [0.15, 0.2) is 0 Å². The van der Waals surface area contributed by atoms with Crippen molar-refractivity contribution in [3.63, 3.8) is 0 Å². The summed E-state index contributed by atoms with van der Waals surface area (Å²) in [6, 6.07) is 9.65. The van der Waals surface area contributed by atoms with Crippen molar-refractivity contribution in [2.45, 2.75) is 13.5 Å². The Morgan fingerprint density at radius 2 is 2.21 bits per heavy atom. The summed E-state index contributed by atoms with van der Waals surface area (Å²) in [5.41, 5.74) is 8.02. The van der Waals surface area contributed by atoms with Gasteiger partial charge in [-0.15, -0.1) is 0 Å². The Labute approximate surface area is 120 Å². The van der Waals surface area contributed by atoms with Crippen LogP contribution in [0.2, 0.25) is 0 Å². The molecule has 0 spiro atoms. The second-order valence-corrected chi connectivity index (χ2v) is 5.06. The first-order valence-electron chi connectivity index (χ1n) is 5.75. The third-order valence-electron chi connectivity index (χ3n) is 2.66. The number of halogens is 1. The van der Waals surface area contributed by atoms with E-state index in [1.807, 2.05) is 37.3 Å². The van der Waals surface area contributed by atoms with Gasteiger partial charge in [-0.25, -0.2) is 4.98 Å². The van der Waals surface area contributed by atoms with Crippen molar-refractivity contribution in [3.8, 4) is 5.88 Å². The number of nitrogens with one attached hydrogen (secondary N) is 1. The molecule has 0 aliphatic rings. The number of benzene rings is 1. The lowest BCUT2D eigenvalue weighted by Gasteiger charge is -2.11. The van der Waals surface area contributed by atoms with Crippen LogP contribution in [0, 0.1) is 12.3 Å². The maximum Gasteiger partial charge on any atom is 0.225 e. The molecule has 19 heavy (non-hydrogen) atoms. The summed E-state index contributed by atoms with van der Waals surface area (Å²) in [7, 11) is 0. The molecular formula is C14H14BrN3O. The minimum Gasteiger partial charge on any atom is -0.472 e. The summed E-state index contributed by atoms with van der Waals surface area (Å²) in [6.07, 6.45) is 1.65. The third-order valence-corrected chi connectivity index (χ3v) is 3.15. The highest BCUT2D eigenvalue weighted by atomic mass is 79.9. The summed E-state index contributed by atoms with van der Waals surface area (Å²) >= 11 is 3.41. The monoisotopic (exact) mass is 319 g/mol. The van der Waals surface area contributed by atoms with E-state index < -0.39 is 0 Å². The van der Waals surface area contributed by atoms with E-state index in [4.69, 9.17) is 15.9 Å². The molecule has 0 radical (unpaired) electrons. The van der Waals surface area contributed by atoms with Gasteiger partial charge in [0.05, 0.1) is 5.56 Å². The topological polar surface area (TPSA) is 72.0 Å². The molecule has 2 aromatic rings. The van der Waals surface area contributed by atoms with Gasteiger partial charge in [0, 0.05) is 10.7 Å². The van der Waals surface area contributed by atoms with Gasteiger partial charge < -0.3 is 10.5 Å². The van der Waals surface area contributed by atoms with Crippen molar-refractivity contribution >= 4 is 21.8 Å². The Balaban J connectivity index is 2.20. The van der Waals surface area contributed by atoms with Crippen LogP contribution in [0.4, 0.5) is 0 Å². The highest BCUT2D eigenvalue weighted by Gasteiger charge is 2.11. The standard InChI is InChI=1S/C14H14BrN3O/c1-9-5-6-18-14(12(9)13(16)17)19-8-10-3-2-4-11(15)7-10/h2-7H,8H2,1H3,(H3,16,17). The number of ether oxygens (including phenoxy) is 1. The number of pyridine rings is 1. The number of hydrogen-bond donors (Lipinski definition) is 2. The Morgan fingerprint density at radius 1 is 1.42 bits per heavy atom. The zero-order valence-electron chi connectivity index (χ0n) is 10.5. The first-order chi connectivity index (χ1) is 9.08. The van der Waals surface area contributed by atoms with E-state index >= 15 is 0 Å². The van der Waals surface area contributed by atoms with E-state index in [0.717, 1.165) is 15.6 Å². The molecule has 5 heteroatoms. The summed E-state index contributed by atoms with van der Waals surface area (Å²) in [6.45, 7) is 2.26. The minimum absolute atomic E-state index is 0.0326. The Morgan fingerprint density at radius 3 is 2.89 bits per heavy atom. The molecule has 0 fully saturated rings. The zero-order chi connectivity index (χ0) is 13.8. The van der Waals surface area contributed by atoms with E-state index in [2.05, 4.69) is 20.9 Å². The van der Waals surface area contributed by atoms with Crippen molar-refractivity contribution < 1.29 is 4.74 Å². The molecular weight excluding hydrogens is 306 g/mol. The molecule has 0 aliphatic carbocycles. The fraction of sp³-hybridized carbons (Fsp3) is 0.143. The van der Waals surface area contributed by atoms with Crippen molar-refractivity contribution in [1.82, 2.24) is 4.98 Å². The first kappa shape index (κ1) is 13.5. The van der Waals surface area contributed by atoms with Gasteiger partial charge >= 0.3 is 0 Å². The molecule has 0 atom stereocenters. The van der Waals surface area contributed by atoms with Crippen LogP contribution in [0.25, 0.3) is 0 Å². The maximum atomic E-state index is 7.58. The smallest absolute Gasteiger partial charge is 0.225 e. The van der Waals surface area contributed by atoms with E-state index in [-0.39, 0.29) is 5.84 Å². The number of nitrogens with zero attached hydrogens (tertiary/aromatic N) is 1. The van der Waals surface area contributed by atoms with E-state index in [0.29, 0.717) is 18.1 Å². The van der Waals surface area contributed by atoms with Crippen LogP contribution in [-0.4, -0.2) is 10.8 Å². The highest BCUT2D eigenvalue weighted by Crippen LogP contribution is 2.20. The highest BCUT2D eigenvalue weighted by molar-refractivity contribution is 9.10. The van der Waals surface area contributed by atoms with E-state index in [9.17, 15) is 0 Å². The van der Waals surface area contributed by atoms with Gasteiger partial charge in [0.25, 0.3) is 0 Å². The molecule has 4 nitrogen and oxygen atoms in total. The maximum absolute atomic E-state index is 7.58. The molecule has 0 saturated heterocycles. The van der Waals surface area contributed by atoms with Crippen molar-refractivity contribution in [3.05, 3.63) is 57.7 Å². The summed E-state index contributed by atoms with van der Waals surface area (Å²) in [5.74, 6) is 0.363. The Hall–Kier alpha value is -1.88. The van der Waals surface area contributed by atoms with Gasteiger partial charge in [-0.05, 0) is 36.2 Å². The molecule has 98 valence electrons. The SMILES string of the molecule is Cc1ccnc(OCc2cccc(Br)c2)c1C(=N)N. The van der Waals surface area contributed by atoms with Crippen LogP contribution in [-0.2, 0) is 6.61 Å². The largest absolute Gasteiger partial charge is 0.472 e. The van der Waals surface area contributed by atoms with Crippen molar-refractivity contribution in [2.75, 3.05) is 0 Å². The van der Waals surface area contributed by atoms with Crippen molar-refractivity contribution in [2.24, 2.45) is 5.73 Å². The number of rotatable bonds is 4. The molecule has 2 rings (SSSR count). The lowest BCUT2D eigenvalue weighted by Crippen LogP contribution is -2.15. The summed E-state index contributed by atoms with van der Waals surface area (Å²) in [5, 5.41) is 7.58. The minimum atomic E-state index is -0.0326. The molecule has 0 bridgehead atoms. The zero-order valence-corrected chi connectivity index (χ0v) is 12.1. The average molecular weight is 320 g/mol. The predicted octanol–water partition coefficient (Wildman–Crippen LogP) is 3.02. The van der Waals surface area contributed by atoms with Gasteiger partial charge in [-0.1, -0.05) is 28.1 Å². The number of aryl methyl sites for hydroxylation is 1. The van der Waals surface area contributed by atoms with Crippen LogP contribution < -0.4 is 10.5 Å². The van der Waals surface area contributed by atoms with Crippen molar-refractivity contribution in [1.29, 1.82) is 5.41 Å². The fourth-order valence-electron chi connectivity index (χ4n) is 1.75. The molecule has 1 aromatic carbocycles. The van der Waals surface area contributed by atoms with Gasteiger partial charge in [0.2, 0.25) is 5.88 Å². The van der Waals surface area contributed by atoms with Crippen LogP contribution in [0.1, 0.15) is 16.7 Å². The number of nitrogen functional groups attached to an aromatic ring is 1. The molecule has 0 unspecified atom stereocenters. The second kappa shape index (κ2) is 5.84. The first-order valence-corrected chi connectivity index (χ1v) is 6.54. The Bertz CT molecular complexity index is 613. The molecule has 3 N–H and O–H groups in total. The van der Waals surface area contributed by atoms with Crippen LogP contribution in [0.5, 0.6) is 5.88 Å². The molecule has 0 aliphatic heterocycles. The normalized spacial score (nSPS) is 10.2. The lowest BCUT2D eigenvalue weighted by atomic mass is 10.1. The van der Waals surface area contributed by atoms with E-state index in [1.165, 1.54) is 0 Å². The molecule has 0 amide bonds. The molecule has 0 saturated carbocycles. The molecule has 1 aromatic heterocycles.